The van der Waals surface area contributed by atoms with Crippen LogP contribution in [0, 0.1) is 0 Å². The monoisotopic (exact) mass is 450 g/mol. The number of nitrogens with zero attached hydrogens (tertiary/aromatic N) is 3. The number of hydrogen-bond acceptors (Lipinski definition) is 6. The number of carbonyl (C=O) groups excluding carboxylic acids is 1. The number of carbonyl (C=O) groups is 1. The van der Waals surface area contributed by atoms with Crippen molar-refractivity contribution in [2.75, 3.05) is 44.2 Å². The predicted octanol–water partition coefficient (Wildman–Crippen LogP) is 3.78. The smallest absolute Gasteiger partial charge is 0.270 e. The van der Waals surface area contributed by atoms with Crippen molar-refractivity contribution in [2.45, 2.75) is 30.2 Å². The molecule has 1 saturated carbocycles. The third kappa shape index (κ3) is 5.02. The Balaban J connectivity index is 1.16. The van der Waals surface area contributed by atoms with Crippen molar-refractivity contribution in [2.24, 2.45) is 0 Å². The molecule has 0 unspecified atom stereocenters. The van der Waals surface area contributed by atoms with Gasteiger partial charge in [0, 0.05) is 61.5 Å². The van der Waals surface area contributed by atoms with Gasteiger partial charge in [-0.05, 0) is 66.6 Å². The van der Waals surface area contributed by atoms with Gasteiger partial charge in [0.2, 0.25) is 0 Å². The standard InChI is InChI=1S/C25H30N4O2S/c30-25(26-31)21-11-13-29(14-12-21)32-24-9-3-20(4-10-24)19-1-5-22(6-2-19)27-15-17-28(18-16-27)23-7-8-23/h1-6,9-11,23,31H,7-8,12-18H2,(H,26,30). The minimum atomic E-state index is -0.398. The van der Waals surface area contributed by atoms with Gasteiger partial charge in [0.25, 0.3) is 5.91 Å². The van der Waals surface area contributed by atoms with Crippen molar-refractivity contribution in [1.29, 1.82) is 0 Å². The van der Waals surface area contributed by atoms with E-state index in [-0.39, 0.29) is 0 Å². The molecule has 0 radical (unpaired) electrons. The van der Waals surface area contributed by atoms with Gasteiger partial charge in [0.05, 0.1) is 0 Å². The van der Waals surface area contributed by atoms with Crippen molar-refractivity contribution in [1.82, 2.24) is 14.7 Å². The fourth-order valence-corrected chi connectivity index (χ4v) is 5.41. The van der Waals surface area contributed by atoms with Gasteiger partial charge in [-0.15, -0.1) is 0 Å². The predicted molar refractivity (Wildman–Crippen MR) is 129 cm³/mol. The Hall–Kier alpha value is -2.32. The average molecular weight is 451 g/mol. The van der Waals surface area contributed by atoms with Crippen LogP contribution in [0.25, 0.3) is 11.1 Å². The minimum absolute atomic E-state index is 0.398. The molecule has 3 aliphatic rings. The number of hydroxylamine groups is 1. The average Bonchev–Trinajstić information content (AvgIpc) is 3.70. The topological polar surface area (TPSA) is 59.1 Å². The maximum Gasteiger partial charge on any atom is 0.270 e. The lowest BCUT2D eigenvalue weighted by Gasteiger charge is -2.36. The maximum absolute atomic E-state index is 11.5. The first kappa shape index (κ1) is 21.5. The molecule has 6 nitrogen and oxygen atoms in total. The van der Waals surface area contributed by atoms with Gasteiger partial charge in [0.15, 0.2) is 0 Å². The molecule has 2 aromatic rings. The zero-order valence-electron chi connectivity index (χ0n) is 18.2. The van der Waals surface area contributed by atoms with E-state index in [9.17, 15) is 4.79 Å². The number of amides is 1. The number of nitrogens with one attached hydrogen (secondary N) is 1. The van der Waals surface area contributed by atoms with Crippen molar-refractivity contribution >= 4 is 23.5 Å². The molecule has 2 N–H and O–H groups in total. The fraction of sp³-hybridized carbons (Fsp3) is 0.400. The van der Waals surface area contributed by atoms with E-state index >= 15 is 0 Å². The molecule has 1 aliphatic carbocycles. The van der Waals surface area contributed by atoms with Crippen LogP contribution >= 0.6 is 11.9 Å². The lowest BCUT2D eigenvalue weighted by molar-refractivity contribution is -0.125. The third-order valence-corrected chi connectivity index (χ3v) is 7.67. The zero-order valence-corrected chi connectivity index (χ0v) is 19.1. The van der Waals surface area contributed by atoms with Crippen LogP contribution in [-0.4, -0.2) is 65.6 Å². The molecular weight excluding hydrogens is 420 g/mol. The lowest BCUT2D eigenvalue weighted by atomic mass is 10.1. The Bertz CT molecular complexity index is 964. The summed E-state index contributed by atoms with van der Waals surface area (Å²) >= 11 is 1.70. The summed E-state index contributed by atoms with van der Waals surface area (Å²) in [4.78, 5) is 17.8. The molecule has 2 heterocycles. The molecule has 5 rings (SSSR count). The van der Waals surface area contributed by atoms with Crippen LogP contribution in [0.1, 0.15) is 19.3 Å². The summed E-state index contributed by atoms with van der Waals surface area (Å²) in [5.41, 5.74) is 6.14. The number of benzene rings is 2. The van der Waals surface area contributed by atoms with E-state index in [0.717, 1.165) is 25.7 Å². The highest BCUT2D eigenvalue weighted by Crippen LogP contribution is 2.31. The minimum Gasteiger partial charge on any atom is -0.369 e. The van der Waals surface area contributed by atoms with Gasteiger partial charge in [0.1, 0.15) is 0 Å². The van der Waals surface area contributed by atoms with Crippen LogP contribution in [0.4, 0.5) is 5.69 Å². The van der Waals surface area contributed by atoms with E-state index in [1.54, 1.807) is 17.4 Å². The lowest BCUT2D eigenvalue weighted by Crippen LogP contribution is -2.47. The second kappa shape index (κ2) is 9.67. The van der Waals surface area contributed by atoms with Crippen LogP contribution in [-0.2, 0) is 4.79 Å². The van der Waals surface area contributed by atoms with Gasteiger partial charge in [-0.25, -0.2) is 9.79 Å². The fourth-order valence-electron chi connectivity index (χ4n) is 4.52. The molecule has 0 aromatic heterocycles. The van der Waals surface area contributed by atoms with Crippen molar-refractivity contribution in [3.63, 3.8) is 0 Å². The second-order valence-corrected chi connectivity index (χ2v) is 9.90. The Morgan fingerprint density at radius 1 is 0.906 bits per heavy atom. The van der Waals surface area contributed by atoms with Crippen LogP contribution in [0.2, 0.25) is 0 Å². The summed E-state index contributed by atoms with van der Waals surface area (Å²) in [7, 11) is 0. The SMILES string of the molecule is O=C(NO)C1=CCN(Sc2ccc(-c3ccc(N4CCN(C5CC5)CC4)cc3)cc2)CC1. The first-order valence-electron chi connectivity index (χ1n) is 11.5. The van der Waals surface area contributed by atoms with Gasteiger partial charge < -0.3 is 4.90 Å². The first-order valence-corrected chi connectivity index (χ1v) is 12.2. The van der Waals surface area contributed by atoms with Crippen molar-refractivity contribution in [3.05, 3.63) is 60.2 Å². The molecule has 0 spiro atoms. The highest BCUT2D eigenvalue weighted by atomic mass is 32.2. The first-order chi connectivity index (χ1) is 15.7. The van der Waals surface area contributed by atoms with Crippen LogP contribution < -0.4 is 10.4 Å². The molecule has 1 amide bonds. The molecule has 0 atom stereocenters. The van der Waals surface area contributed by atoms with Crippen LogP contribution in [0.15, 0.2) is 65.1 Å². The number of hydrogen-bond donors (Lipinski definition) is 2. The highest BCUT2D eigenvalue weighted by molar-refractivity contribution is 7.97. The quantitative estimate of drug-likeness (QED) is 0.397. The molecule has 7 heteroatoms. The summed E-state index contributed by atoms with van der Waals surface area (Å²) in [5.74, 6) is -0.398. The molecular formula is C25H30N4O2S. The second-order valence-electron chi connectivity index (χ2n) is 8.73. The molecule has 168 valence electrons. The summed E-state index contributed by atoms with van der Waals surface area (Å²) in [6.45, 7) is 6.09. The van der Waals surface area contributed by atoms with Gasteiger partial charge in [-0.2, -0.15) is 0 Å². The Kier molecular flexibility index (Phi) is 6.50. The van der Waals surface area contributed by atoms with E-state index in [2.05, 4.69) is 62.6 Å². The van der Waals surface area contributed by atoms with Crippen LogP contribution in [0.3, 0.4) is 0 Å². The normalized spacial score (nSPS) is 20.2. The summed E-state index contributed by atoms with van der Waals surface area (Å²) in [5, 5.41) is 8.76. The maximum atomic E-state index is 11.5. The summed E-state index contributed by atoms with van der Waals surface area (Å²) in [6, 6.07) is 18.5. The van der Waals surface area contributed by atoms with Gasteiger partial charge >= 0.3 is 0 Å². The van der Waals surface area contributed by atoms with Gasteiger partial charge in [-0.1, -0.05) is 30.3 Å². The van der Waals surface area contributed by atoms with Crippen molar-refractivity contribution in [3.8, 4) is 11.1 Å². The van der Waals surface area contributed by atoms with E-state index < -0.39 is 5.91 Å². The molecule has 2 fully saturated rings. The van der Waals surface area contributed by atoms with E-state index in [4.69, 9.17) is 5.21 Å². The Morgan fingerprint density at radius 3 is 2.12 bits per heavy atom. The van der Waals surface area contributed by atoms with E-state index in [0.29, 0.717) is 18.5 Å². The Morgan fingerprint density at radius 2 is 1.56 bits per heavy atom. The largest absolute Gasteiger partial charge is 0.369 e. The van der Waals surface area contributed by atoms with Gasteiger partial charge in [-0.3, -0.25) is 14.9 Å². The molecule has 1 saturated heterocycles. The van der Waals surface area contributed by atoms with Crippen LogP contribution in [0.5, 0.6) is 0 Å². The molecule has 0 bridgehead atoms. The third-order valence-electron chi connectivity index (χ3n) is 6.60. The summed E-state index contributed by atoms with van der Waals surface area (Å²) in [6.07, 6.45) is 5.31. The molecule has 2 aromatic carbocycles. The molecule has 2 aliphatic heterocycles. The van der Waals surface area contributed by atoms with E-state index in [1.165, 1.54) is 47.6 Å². The van der Waals surface area contributed by atoms with Crippen molar-refractivity contribution < 1.29 is 10.0 Å². The summed E-state index contributed by atoms with van der Waals surface area (Å²) < 4.78 is 2.22. The van der Waals surface area contributed by atoms with E-state index in [1.807, 2.05) is 6.08 Å². The zero-order chi connectivity index (χ0) is 21.9. The number of rotatable bonds is 6. The highest BCUT2D eigenvalue weighted by Gasteiger charge is 2.31. The Labute approximate surface area is 194 Å². The molecule has 32 heavy (non-hydrogen) atoms. The number of anilines is 1. The number of piperazine rings is 1.